The summed E-state index contributed by atoms with van der Waals surface area (Å²) in [6.07, 6.45) is 1.29. The van der Waals surface area contributed by atoms with E-state index in [1.807, 2.05) is 6.92 Å². The van der Waals surface area contributed by atoms with E-state index >= 15 is 0 Å². The SMILES string of the molecule is CCOCOCNC1CCO1. The van der Waals surface area contributed by atoms with E-state index in [0.29, 0.717) is 20.1 Å². The van der Waals surface area contributed by atoms with Gasteiger partial charge in [0, 0.05) is 13.0 Å². The third-order valence-electron chi connectivity index (χ3n) is 1.48. The van der Waals surface area contributed by atoms with Crippen molar-refractivity contribution in [2.24, 2.45) is 0 Å². The van der Waals surface area contributed by atoms with Gasteiger partial charge in [-0.2, -0.15) is 0 Å². The van der Waals surface area contributed by atoms with Crippen LogP contribution in [-0.4, -0.2) is 33.0 Å². The minimum Gasteiger partial charge on any atom is -0.363 e. The van der Waals surface area contributed by atoms with Crippen LogP contribution in [-0.2, 0) is 14.2 Å². The first-order valence-corrected chi connectivity index (χ1v) is 3.94. The standard InChI is InChI=1S/C7H15NO3/c1-2-9-6-10-5-8-7-3-4-11-7/h7-8H,2-6H2,1H3. The van der Waals surface area contributed by atoms with Crippen LogP contribution in [0.25, 0.3) is 0 Å². The fourth-order valence-electron chi connectivity index (χ4n) is 0.732. The third-order valence-corrected chi connectivity index (χ3v) is 1.48. The molecule has 4 heteroatoms. The minimum absolute atomic E-state index is 0.205. The van der Waals surface area contributed by atoms with Gasteiger partial charge in [-0.05, 0) is 6.92 Å². The van der Waals surface area contributed by atoms with E-state index in [1.165, 1.54) is 0 Å². The highest BCUT2D eigenvalue weighted by molar-refractivity contribution is 4.60. The van der Waals surface area contributed by atoms with Crippen molar-refractivity contribution in [1.82, 2.24) is 5.32 Å². The molecule has 0 aromatic carbocycles. The summed E-state index contributed by atoms with van der Waals surface area (Å²) in [5.41, 5.74) is 0. The van der Waals surface area contributed by atoms with Crippen LogP contribution in [0.2, 0.25) is 0 Å². The Labute approximate surface area is 66.8 Å². The maximum absolute atomic E-state index is 5.11. The molecule has 0 radical (unpaired) electrons. The van der Waals surface area contributed by atoms with Gasteiger partial charge in [0.25, 0.3) is 0 Å². The Bertz CT molecular complexity index is 95.7. The van der Waals surface area contributed by atoms with Gasteiger partial charge in [0.15, 0.2) is 0 Å². The van der Waals surface area contributed by atoms with Crippen molar-refractivity contribution in [3.05, 3.63) is 0 Å². The van der Waals surface area contributed by atoms with Crippen LogP contribution in [0, 0.1) is 0 Å². The van der Waals surface area contributed by atoms with Gasteiger partial charge >= 0.3 is 0 Å². The topological polar surface area (TPSA) is 39.7 Å². The first-order chi connectivity index (χ1) is 5.43. The largest absolute Gasteiger partial charge is 0.363 e. The second-order valence-electron chi connectivity index (χ2n) is 2.31. The predicted molar refractivity (Wildman–Crippen MR) is 39.9 cm³/mol. The quantitative estimate of drug-likeness (QED) is 0.449. The molecule has 66 valence electrons. The van der Waals surface area contributed by atoms with Crippen molar-refractivity contribution in [3.63, 3.8) is 0 Å². The molecule has 1 aliphatic heterocycles. The summed E-state index contributed by atoms with van der Waals surface area (Å²) in [6, 6.07) is 0. The Hall–Kier alpha value is -0.160. The smallest absolute Gasteiger partial charge is 0.148 e. The molecule has 0 aromatic rings. The van der Waals surface area contributed by atoms with Gasteiger partial charge in [0.2, 0.25) is 0 Å². The molecule has 1 rings (SSSR count). The summed E-state index contributed by atoms with van der Waals surface area (Å²) in [7, 11) is 0. The molecule has 1 atom stereocenters. The van der Waals surface area contributed by atoms with Crippen LogP contribution >= 0.6 is 0 Å². The van der Waals surface area contributed by atoms with Crippen molar-refractivity contribution < 1.29 is 14.2 Å². The molecule has 1 fully saturated rings. The molecule has 0 amide bonds. The fourth-order valence-corrected chi connectivity index (χ4v) is 0.732. The highest BCUT2D eigenvalue weighted by atomic mass is 16.7. The second kappa shape index (κ2) is 5.49. The Morgan fingerprint density at radius 2 is 2.36 bits per heavy atom. The van der Waals surface area contributed by atoms with Gasteiger partial charge in [-0.25, -0.2) is 0 Å². The zero-order chi connectivity index (χ0) is 7.94. The summed E-state index contributed by atoms with van der Waals surface area (Å²) < 4.78 is 15.1. The van der Waals surface area contributed by atoms with Crippen molar-refractivity contribution in [1.29, 1.82) is 0 Å². The molecule has 0 bridgehead atoms. The van der Waals surface area contributed by atoms with E-state index in [2.05, 4.69) is 5.32 Å². The van der Waals surface area contributed by atoms with Crippen LogP contribution in [0.4, 0.5) is 0 Å². The van der Waals surface area contributed by atoms with Crippen molar-refractivity contribution >= 4 is 0 Å². The van der Waals surface area contributed by atoms with Gasteiger partial charge in [-0.15, -0.1) is 0 Å². The van der Waals surface area contributed by atoms with Crippen LogP contribution in [0.15, 0.2) is 0 Å². The zero-order valence-corrected chi connectivity index (χ0v) is 6.84. The van der Waals surface area contributed by atoms with Crippen LogP contribution in [0.5, 0.6) is 0 Å². The van der Waals surface area contributed by atoms with E-state index < -0.39 is 0 Å². The Kier molecular flexibility index (Phi) is 4.45. The van der Waals surface area contributed by atoms with E-state index in [0.717, 1.165) is 13.0 Å². The Balaban J connectivity index is 1.73. The fraction of sp³-hybridized carbons (Fsp3) is 1.00. The normalized spacial score (nSPS) is 23.2. The molecule has 11 heavy (non-hydrogen) atoms. The summed E-state index contributed by atoms with van der Waals surface area (Å²) in [5, 5.41) is 3.05. The first kappa shape index (κ1) is 8.93. The van der Waals surface area contributed by atoms with Crippen molar-refractivity contribution in [3.8, 4) is 0 Å². The number of nitrogens with one attached hydrogen (secondary N) is 1. The van der Waals surface area contributed by atoms with Gasteiger partial charge in [0.1, 0.15) is 19.8 Å². The maximum atomic E-state index is 5.11. The Morgan fingerprint density at radius 1 is 1.55 bits per heavy atom. The van der Waals surface area contributed by atoms with Crippen molar-refractivity contribution in [2.45, 2.75) is 19.6 Å². The molecular weight excluding hydrogens is 146 g/mol. The second-order valence-corrected chi connectivity index (χ2v) is 2.31. The summed E-state index contributed by atoms with van der Waals surface area (Å²) in [5.74, 6) is 0. The van der Waals surface area contributed by atoms with E-state index in [-0.39, 0.29) is 6.23 Å². The lowest BCUT2D eigenvalue weighted by atomic mass is 10.3. The molecular formula is C7H15NO3. The number of hydrogen-bond acceptors (Lipinski definition) is 4. The first-order valence-electron chi connectivity index (χ1n) is 3.94. The molecule has 1 N–H and O–H groups in total. The summed E-state index contributed by atoms with van der Waals surface area (Å²) in [6.45, 7) is 4.36. The maximum Gasteiger partial charge on any atom is 0.148 e. The van der Waals surface area contributed by atoms with Gasteiger partial charge in [0.05, 0.1) is 6.61 Å². The molecule has 1 unspecified atom stereocenters. The van der Waals surface area contributed by atoms with Gasteiger partial charge in [-0.1, -0.05) is 0 Å². The third kappa shape index (κ3) is 3.67. The van der Waals surface area contributed by atoms with Crippen LogP contribution in [0.3, 0.4) is 0 Å². The lowest BCUT2D eigenvalue weighted by Gasteiger charge is -2.26. The molecule has 1 saturated heterocycles. The monoisotopic (exact) mass is 161 g/mol. The van der Waals surface area contributed by atoms with Crippen LogP contribution in [0.1, 0.15) is 13.3 Å². The number of rotatable bonds is 6. The lowest BCUT2D eigenvalue weighted by Crippen LogP contribution is -2.41. The van der Waals surface area contributed by atoms with Crippen molar-refractivity contribution in [2.75, 3.05) is 26.7 Å². The minimum atomic E-state index is 0.205. The number of ether oxygens (including phenoxy) is 3. The van der Waals surface area contributed by atoms with E-state index in [4.69, 9.17) is 14.2 Å². The molecule has 0 spiro atoms. The highest BCUT2D eigenvalue weighted by Gasteiger charge is 2.16. The number of hydrogen-bond donors (Lipinski definition) is 1. The lowest BCUT2D eigenvalue weighted by molar-refractivity contribution is -0.110. The van der Waals surface area contributed by atoms with Gasteiger partial charge < -0.3 is 14.2 Å². The summed E-state index contributed by atoms with van der Waals surface area (Å²) in [4.78, 5) is 0. The predicted octanol–water partition coefficient (Wildman–Crippen LogP) is 0.290. The summed E-state index contributed by atoms with van der Waals surface area (Å²) >= 11 is 0. The van der Waals surface area contributed by atoms with E-state index in [9.17, 15) is 0 Å². The molecule has 1 heterocycles. The average molecular weight is 161 g/mol. The van der Waals surface area contributed by atoms with E-state index in [1.54, 1.807) is 0 Å². The Morgan fingerprint density at radius 3 is 2.91 bits per heavy atom. The van der Waals surface area contributed by atoms with Gasteiger partial charge in [-0.3, -0.25) is 5.32 Å². The van der Waals surface area contributed by atoms with Crippen LogP contribution < -0.4 is 5.32 Å². The molecule has 0 aromatic heterocycles. The molecule has 0 aliphatic carbocycles. The molecule has 4 nitrogen and oxygen atoms in total. The molecule has 1 aliphatic rings. The highest BCUT2D eigenvalue weighted by Crippen LogP contribution is 2.05. The molecule has 0 saturated carbocycles. The average Bonchev–Trinajstić information content (AvgIpc) is 1.93. The zero-order valence-electron chi connectivity index (χ0n) is 6.84.